The maximum absolute atomic E-state index is 12.3. The van der Waals surface area contributed by atoms with Crippen LogP contribution in [-0.2, 0) is 9.53 Å². The number of nitrogens with zero attached hydrogens (tertiary/aromatic N) is 2. The number of hydrogen-bond donors (Lipinski definition) is 0. The molecule has 0 fully saturated rings. The van der Waals surface area contributed by atoms with Gasteiger partial charge in [-0.3, -0.25) is 9.36 Å². The Labute approximate surface area is 163 Å². The molecular weight excluding hydrogens is 352 g/mol. The van der Waals surface area contributed by atoms with Gasteiger partial charge in [-0.2, -0.15) is 0 Å². The van der Waals surface area contributed by atoms with Gasteiger partial charge in [-0.05, 0) is 41.8 Å². The Kier molecular flexibility index (Phi) is 4.43. The van der Waals surface area contributed by atoms with Crippen LogP contribution in [0.1, 0.15) is 48.3 Å². The van der Waals surface area contributed by atoms with Gasteiger partial charge in [-0.15, -0.1) is 0 Å². The summed E-state index contributed by atoms with van der Waals surface area (Å²) in [7, 11) is 0. The number of aliphatic imine (C=N–C) groups is 1. The van der Waals surface area contributed by atoms with E-state index in [1.165, 1.54) is 12.5 Å². The lowest BCUT2D eigenvalue weighted by Crippen LogP contribution is -2.08. The lowest BCUT2D eigenvalue weighted by atomic mass is 10.0. The number of carbonyl (C=O) groups is 2. The zero-order chi connectivity index (χ0) is 19.8. The summed E-state index contributed by atoms with van der Waals surface area (Å²) in [5.74, 6) is 0.0410. The number of fused-ring (bicyclic) bond motifs is 1. The van der Waals surface area contributed by atoms with E-state index in [1.807, 2.05) is 54.6 Å². The minimum Gasteiger partial charge on any atom is -0.402 e. The third-order valence-electron chi connectivity index (χ3n) is 4.78. The normalized spacial score (nSPS) is 15.4. The summed E-state index contributed by atoms with van der Waals surface area (Å²) >= 11 is 0. The van der Waals surface area contributed by atoms with Gasteiger partial charge in [0, 0.05) is 17.9 Å². The highest BCUT2D eigenvalue weighted by Gasteiger charge is 2.25. The third kappa shape index (κ3) is 3.16. The topological polar surface area (TPSA) is 60.7 Å². The molecule has 0 unspecified atom stereocenters. The average Bonchev–Trinajstić information content (AvgIpc) is 3.22. The first kappa shape index (κ1) is 17.9. The van der Waals surface area contributed by atoms with Crippen molar-refractivity contribution in [2.45, 2.75) is 26.7 Å². The second-order valence-corrected chi connectivity index (χ2v) is 7.10. The van der Waals surface area contributed by atoms with Crippen molar-refractivity contribution >= 4 is 34.8 Å². The monoisotopic (exact) mass is 372 g/mol. The van der Waals surface area contributed by atoms with E-state index in [-0.39, 0.29) is 17.5 Å². The van der Waals surface area contributed by atoms with Crippen LogP contribution in [0.3, 0.4) is 0 Å². The Morgan fingerprint density at radius 3 is 2.50 bits per heavy atom. The van der Waals surface area contributed by atoms with Gasteiger partial charge in [0.15, 0.2) is 5.70 Å². The zero-order valence-electron chi connectivity index (χ0n) is 16.0. The summed E-state index contributed by atoms with van der Waals surface area (Å²) in [4.78, 5) is 28.8. The van der Waals surface area contributed by atoms with E-state index in [0.29, 0.717) is 11.6 Å². The quantitative estimate of drug-likeness (QED) is 0.491. The van der Waals surface area contributed by atoms with E-state index < -0.39 is 5.97 Å². The molecule has 0 bridgehead atoms. The maximum Gasteiger partial charge on any atom is 0.363 e. The van der Waals surface area contributed by atoms with E-state index in [9.17, 15) is 9.59 Å². The number of ether oxygens (including phenoxy) is 1. The van der Waals surface area contributed by atoms with Crippen LogP contribution in [0.15, 0.2) is 65.3 Å². The van der Waals surface area contributed by atoms with Gasteiger partial charge >= 0.3 is 5.97 Å². The molecule has 0 atom stereocenters. The van der Waals surface area contributed by atoms with Gasteiger partial charge in [0.25, 0.3) is 0 Å². The summed E-state index contributed by atoms with van der Waals surface area (Å²) in [6.07, 6.45) is 1.60. The first-order chi connectivity index (χ1) is 13.4. The molecule has 0 amide bonds. The molecule has 2 heterocycles. The number of hydrogen-bond acceptors (Lipinski definition) is 4. The largest absolute Gasteiger partial charge is 0.402 e. The van der Waals surface area contributed by atoms with Crippen LogP contribution in [0.4, 0.5) is 0 Å². The van der Waals surface area contributed by atoms with Crippen molar-refractivity contribution in [2.24, 2.45) is 4.99 Å². The number of benzene rings is 2. The number of cyclic esters (lactones) is 1. The molecule has 5 heteroatoms. The molecule has 1 aliphatic heterocycles. The van der Waals surface area contributed by atoms with Gasteiger partial charge in [0.1, 0.15) is 0 Å². The van der Waals surface area contributed by atoms with Crippen LogP contribution in [-0.4, -0.2) is 22.3 Å². The second kappa shape index (κ2) is 6.93. The fourth-order valence-electron chi connectivity index (χ4n) is 3.32. The van der Waals surface area contributed by atoms with Gasteiger partial charge < -0.3 is 4.74 Å². The molecule has 0 aliphatic carbocycles. The van der Waals surface area contributed by atoms with Crippen molar-refractivity contribution in [1.82, 2.24) is 4.57 Å². The summed E-state index contributed by atoms with van der Waals surface area (Å²) < 4.78 is 6.93. The smallest absolute Gasteiger partial charge is 0.363 e. The Morgan fingerprint density at radius 2 is 1.82 bits per heavy atom. The highest BCUT2D eigenvalue weighted by molar-refractivity contribution is 6.13. The number of para-hydroxylation sites is 1. The van der Waals surface area contributed by atoms with Gasteiger partial charge in [-0.25, -0.2) is 9.79 Å². The minimum absolute atomic E-state index is 0.132. The minimum atomic E-state index is -0.525. The Morgan fingerprint density at radius 1 is 1.11 bits per heavy atom. The van der Waals surface area contributed by atoms with Crippen LogP contribution in [0, 0.1) is 0 Å². The predicted molar refractivity (Wildman–Crippen MR) is 109 cm³/mol. The molecule has 0 radical (unpaired) electrons. The molecule has 0 spiro atoms. The number of carbonyl (C=O) groups excluding carboxylic acids is 2. The summed E-state index contributed by atoms with van der Waals surface area (Å²) in [5, 5.41) is 0.921. The summed E-state index contributed by atoms with van der Waals surface area (Å²) in [5.41, 5.74) is 3.51. The molecular formula is C23H20N2O3. The van der Waals surface area contributed by atoms with Crippen molar-refractivity contribution in [3.63, 3.8) is 0 Å². The Balaban J connectivity index is 1.74. The maximum atomic E-state index is 12.3. The number of rotatable bonds is 3. The first-order valence-corrected chi connectivity index (χ1v) is 9.18. The van der Waals surface area contributed by atoms with Crippen LogP contribution in [0.25, 0.3) is 17.0 Å². The number of aromatic nitrogens is 1. The summed E-state index contributed by atoms with van der Waals surface area (Å²) in [6, 6.07) is 17.3. The first-order valence-electron chi connectivity index (χ1n) is 9.18. The lowest BCUT2D eigenvalue weighted by molar-refractivity contribution is -0.129. The molecule has 3 aromatic rings. The van der Waals surface area contributed by atoms with Gasteiger partial charge in [0.05, 0.1) is 11.2 Å². The van der Waals surface area contributed by atoms with Crippen molar-refractivity contribution in [3.05, 3.63) is 77.1 Å². The fourth-order valence-corrected chi connectivity index (χ4v) is 3.32. The molecule has 1 aliphatic rings. The van der Waals surface area contributed by atoms with Crippen molar-refractivity contribution < 1.29 is 14.3 Å². The molecule has 0 saturated heterocycles. The van der Waals surface area contributed by atoms with E-state index in [4.69, 9.17) is 4.74 Å². The van der Waals surface area contributed by atoms with E-state index in [0.717, 1.165) is 16.5 Å². The van der Waals surface area contributed by atoms with Crippen molar-refractivity contribution in [1.29, 1.82) is 0 Å². The molecule has 0 N–H and O–H groups in total. The van der Waals surface area contributed by atoms with Gasteiger partial charge in [-0.1, -0.05) is 44.2 Å². The SMILES string of the molecule is CC(=O)n1c(/C=C2\N=C(c3ccc(C(C)C)cc3)OC2=O)cc2ccccc21. The van der Waals surface area contributed by atoms with Crippen molar-refractivity contribution in [2.75, 3.05) is 0 Å². The van der Waals surface area contributed by atoms with E-state index in [1.54, 1.807) is 10.6 Å². The number of esters is 1. The van der Waals surface area contributed by atoms with Gasteiger partial charge in [0.2, 0.25) is 11.8 Å². The highest BCUT2D eigenvalue weighted by Crippen LogP contribution is 2.25. The van der Waals surface area contributed by atoms with Crippen LogP contribution >= 0.6 is 0 Å². The van der Waals surface area contributed by atoms with E-state index in [2.05, 4.69) is 18.8 Å². The summed E-state index contributed by atoms with van der Waals surface area (Å²) in [6.45, 7) is 5.74. The van der Waals surface area contributed by atoms with Crippen molar-refractivity contribution in [3.8, 4) is 0 Å². The predicted octanol–water partition coefficient (Wildman–Crippen LogP) is 4.77. The second-order valence-electron chi connectivity index (χ2n) is 7.10. The average molecular weight is 372 g/mol. The molecule has 28 heavy (non-hydrogen) atoms. The highest BCUT2D eigenvalue weighted by atomic mass is 16.6. The molecule has 0 saturated carbocycles. The molecule has 1 aromatic heterocycles. The van der Waals surface area contributed by atoms with Crippen LogP contribution in [0.5, 0.6) is 0 Å². The standard InChI is InChI=1S/C23H20N2O3/c1-14(2)16-8-10-17(11-9-16)22-24-20(23(27)28-22)13-19-12-18-6-4-5-7-21(18)25(19)15(3)26/h4-14H,1-3H3/b20-13-. The molecule has 140 valence electrons. The molecule has 5 nitrogen and oxygen atoms in total. The molecule has 4 rings (SSSR count). The lowest BCUT2D eigenvalue weighted by Gasteiger charge is -2.05. The van der Waals surface area contributed by atoms with Crippen LogP contribution in [0.2, 0.25) is 0 Å². The fraction of sp³-hybridized carbons (Fsp3) is 0.174. The van der Waals surface area contributed by atoms with E-state index >= 15 is 0 Å². The molecule has 2 aromatic carbocycles. The third-order valence-corrected chi connectivity index (χ3v) is 4.78. The zero-order valence-corrected chi connectivity index (χ0v) is 16.0. The Hall–Kier alpha value is -3.47. The van der Waals surface area contributed by atoms with Crippen LogP contribution < -0.4 is 0 Å². The Bertz CT molecular complexity index is 1150.